The Bertz CT molecular complexity index is 75.9. The maximum Gasteiger partial charge on any atom is 0.102 e. The van der Waals surface area contributed by atoms with E-state index < -0.39 is 0 Å². The number of likely N-dealkylation sites (N-methyl/N-ethyl adjacent to an activating group) is 1. The molecule has 0 amide bonds. The number of hydrogen-bond acceptors (Lipinski definition) is 1. The number of hydrogen-bond donors (Lipinski definition) is 1. The van der Waals surface area contributed by atoms with Crippen LogP contribution in [0.4, 0.5) is 0 Å². The van der Waals surface area contributed by atoms with Gasteiger partial charge in [0, 0.05) is 0 Å². The van der Waals surface area contributed by atoms with Gasteiger partial charge in [-0.15, -0.1) is 0 Å². The number of rotatable bonds is 5. The predicted molar refractivity (Wildman–Crippen MR) is 43.8 cm³/mol. The van der Waals surface area contributed by atoms with E-state index in [0.29, 0.717) is 6.61 Å². The minimum Gasteiger partial charge on any atom is -1.00 e. The van der Waals surface area contributed by atoms with E-state index in [0.717, 1.165) is 30.7 Å². The van der Waals surface area contributed by atoms with Crippen molar-refractivity contribution in [1.82, 2.24) is 0 Å². The average molecular weight is 226 g/mol. The van der Waals surface area contributed by atoms with Gasteiger partial charge in [-0.05, 0) is 20.8 Å². The van der Waals surface area contributed by atoms with Crippen LogP contribution in [0.25, 0.3) is 0 Å². The second-order valence-corrected chi connectivity index (χ2v) is 2.74. The Morgan fingerprint density at radius 2 is 1.36 bits per heavy atom. The Kier molecular flexibility index (Phi) is 8.97. The minimum atomic E-state index is 0. The van der Waals surface area contributed by atoms with E-state index in [1.54, 1.807) is 0 Å². The fourth-order valence-electron chi connectivity index (χ4n) is 1.36. The molecule has 1 N–H and O–H groups in total. The smallest absolute Gasteiger partial charge is 0.102 e. The van der Waals surface area contributed by atoms with Crippen molar-refractivity contribution in [2.24, 2.45) is 0 Å². The van der Waals surface area contributed by atoms with Crippen molar-refractivity contribution >= 4 is 0 Å². The van der Waals surface area contributed by atoms with Crippen LogP contribution in [0.2, 0.25) is 0 Å². The van der Waals surface area contributed by atoms with E-state index in [1.807, 2.05) is 0 Å². The lowest BCUT2D eigenvalue weighted by molar-refractivity contribution is -0.923. The van der Waals surface area contributed by atoms with Gasteiger partial charge in [0.15, 0.2) is 0 Å². The molecule has 0 aliphatic heterocycles. The van der Waals surface area contributed by atoms with Crippen molar-refractivity contribution in [2.45, 2.75) is 20.8 Å². The lowest BCUT2D eigenvalue weighted by atomic mass is 10.3. The third kappa shape index (κ3) is 4.09. The summed E-state index contributed by atoms with van der Waals surface area (Å²) in [6.45, 7) is 11.2. The zero-order valence-electron chi connectivity index (χ0n) is 7.81. The summed E-state index contributed by atoms with van der Waals surface area (Å²) >= 11 is 0. The van der Waals surface area contributed by atoms with Crippen LogP contribution >= 0.6 is 0 Å². The van der Waals surface area contributed by atoms with Gasteiger partial charge in [0.05, 0.1) is 26.2 Å². The first-order valence-electron chi connectivity index (χ1n) is 4.20. The van der Waals surface area contributed by atoms with Crippen molar-refractivity contribution in [3.63, 3.8) is 0 Å². The fraction of sp³-hybridized carbons (Fsp3) is 1.00. The van der Waals surface area contributed by atoms with Crippen LogP contribution in [-0.2, 0) is 0 Å². The van der Waals surface area contributed by atoms with Crippen molar-refractivity contribution < 1.29 is 26.6 Å². The van der Waals surface area contributed by atoms with E-state index in [9.17, 15) is 0 Å². The Hall–Kier alpha value is 0.400. The Morgan fingerprint density at radius 1 is 1.00 bits per heavy atom. The number of halogens is 1. The molecule has 0 unspecified atom stereocenters. The van der Waals surface area contributed by atoms with Gasteiger partial charge in [0.25, 0.3) is 0 Å². The maximum absolute atomic E-state index is 8.78. The molecule has 0 aromatic rings. The topological polar surface area (TPSA) is 20.2 Å². The first-order valence-corrected chi connectivity index (χ1v) is 4.20. The second kappa shape index (κ2) is 7.07. The quantitative estimate of drug-likeness (QED) is 0.530. The third-order valence-electron chi connectivity index (χ3n) is 2.59. The van der Waals surface area contributed by atoms with Gasteiger partial charge >= 0.3 is 0 Å². The molecule has 70 valence electrons. The number of aliphatic hydroxyl groups is 1. The van der Waals surface area contributed by atoms with E-state index in [1.165, 1.54) is 0 Å². The average Bonchev–Trinajstić information content (AvgIpc) is 2.01. The molecule has 0 atom stereocenters. The summed E-state index contributed by atoms with van der Waals surface area (Å²) in [7, 11) is 0. The van der Waals surface area contributed by atoms with Crippen LogP contribution in [0.1, 0.15) is 20.8 Å². The lowest BCUT2D eigenvalue weighted by Crippen LogP contribution is -3.00. The molecule has 0 bridgehead atoms. The van der Waals surface area contributed by atoms with Gasteiger partial charge in [0.1, 0.15) is 6.54 Å². The summed E-state index contributed by atoms with van der Waals surface area (Å²) in [5.41, 5.74) is 0. The first kappa shape index (κ1) is 14.0. The molecule has 0 fully saturated rings. The van der Waals surface area contributed by atoms with Crippen LogP contribution in [-0.4, -0.2) is 42.4 Å². The SMILES string of the molecule is CC[N+](CC)(CC)CCO.[Br-]. The fourth-order valence-corrected chi connectivity index (χ4v) is 1.36. The summed E-state index contributed by atoms with van der Waals surface area (Å²) in [5, 5.41) is 8.78. The van der Waals surface area contributed by atoms with E-state index >= 15 is 0 Å². The molecular weight excluding hydrogens is 206 g/mol. The van der Waals surface area contributed by atoms with E-state index in [2.05, 4.69) is 20.8 Å². The Labute approximate surface area is 80.6 Å². The molecule has 0 aromatic carbocycles. The second-order valence-electron chi connectivity index (χ2n) is 2.74. The first-order chi connectivity index (χ1) is 4.74. The monoisotopic (exact) mass is 225 g/mol. The molecule has 0 radical (unpaired) electrons. The van der Waals surface area contributed by atoms with E-state index in [4.69, 9.17) is 5.11 Å². The molecule has 0 saturated heterocycles. The highest BCUT2D eigenvalue weighted by molar-refractivity contribution is 4.35. The Morgan fingerprint density at radius 3 is 1.45 bits per heavy atom. The predicted octanol–water partition coefficient (Wildman–Crippen LogP) is -2.14. The largest absolute Gasteiger partial charge is 1.00 e. The van der Waals surface area contributed by atoms with Crippen LogP contribution in [0.3, 0.4) is 0 Å². The van der Waals surface area contributed by atoms with Crippen molar-refractivity contribution in [2.75, 3.05) is 32.8 Å². The highest BCUT2D eigenvalue weighted by Crippen LogP contribution is 2.03. The molecule has 11 heavy (non-hydrogen) atoms. The molecular formula is C8H20BrNO. The van der Waals surface area contributed by atoms with Crippen LogP contribution in [0.5, 0.6) is 0 Å². The number of nitrogens with zero attached hydrogens (tertiary/aromatic N) is 1. The van der Waals surface area contributed by atoms with Gasteiger partial charge in [-0.1, -0.05) is 0 Å². The van der Waals surface area contributed by atoms with Crippen LogP contribution in [0.15, 0.2) is 0 Å². The van der Waals surface area contributed by atoms with Crippen molar-refractivity contribution in [3.05, 3.63) is 0 Å². The molecule has 0 spiro atoms. The summed E-state index contributed by atoms with van der Waals surface area (Å²) in [6, 6.07) is 0. The molecule has 0 aliphatic rings. The number of aliphatic hydroxyl groups excluding tert-OH is 1. The van der Waals surface area contributed by atoms with Gasteiger partial charge in [-0.2, -0.15) is 0 Å². The molecule has 0 saturated carbocycles. The molecule has 0 heterocycles. The highest BCUT2D eigenvalue weighted by atomic mass is 79.9. The van der Waals surface area contributed by atoms with Crippen LogP contribution in [0, 0.1) is 0 Å². The minimum absolute atomic E-state index is 0. The summed E-state index contributed by atoms with van der Waals surface area (Å²) in [6.07, 6.45) is 0. The van der Waals surface area contributed by atoms with Crippen molar-refractivity contribution in [1.29, 1.82) is 0 Å². The molecule has 0 rings (SSSR count). The summed E-state index contributed by atoms with van der Waals surface area (Å²) in [5.74, 6) is 0. The number of quaternary nitrogens is 1. The maximum atomic E-state index is 8.78. The standard InChI is InChI=1S/C8H20NO.BrH/c1-4-9(5-2,6-3)7-8-10;/h10H,4-8H2,1-3H3;1H/q+1;/p-1. The zero-order valence-corrected chi connectivity index (χ0v) is 9.39. The third-order valence-corrected chi connectivity index (χ3v) is 2.59. The van der Waals surface area contributed by atoms with E-state index in [-0.39, 0.29) is 17.0 Å². The zero-order chi connectivity index (χ0) is 8.04. The normalized spacial score (nSPS) is 10.9. The van der Waals surface area contributed by atoms with Gasteiger partial charge < -0.3 is 26.6 Å². The van der Waals surface area contributed by atoms with Gasteiger partial charge in [0.2, 0.25) is 0 Å². The molecule has 0 aliphatic carbocycles. The van der Waals surface area contributed by atoms with Gasteiger partial charge in [-0.3, -0.25) is 0 Å². The Balaban J connectivity index is 0. The van der Waals surface area contributed by atoms with Crippen molar-refractivity contribution in [3.8, 4) is 0 Å². The highest BCUT2D eigenvalue weighted by Gasteiger charge is 2.18. The summed E-state index contributed by atoms with van der Waals surface area (Å²) in [4.78, 5) is 0. The lowest BCUT2D eigenvalue weighted by Gasteiger charge is -2.34. The van der Waals surface area contributed by atoms with Crippen LogP contribution < -0.4 is 17.0 Å². The molecule has 3 heteroatoms. The summed E-state index contributed by atoms with van der Waals surface area (Å²) < 4.78 is 1.05. The van der Waals surface area contributed by atoms with Gasteiger partial charge in [-0.25, -0.2) is 0 Å². The molecule has 2 nitrogen and oxygen atoms in total. The molecule has 0 aromatic heterocycles.